The van der Waals surface area contributed by atoms with E-state index in [0.717, 1.165) is 46.5 Å². The molecule has 1 aliphatic rings. The van der Waals surface area contributed by atoms with Crippen LogP contribution >= 0.6 is 11.3 Å². The van der Waals surface area contributed by atoms with E-state index in [-0.39, 0.29) is 24.1 Å². The van der Waals surface area contributed by atoms with Gasteiger partial charge in [-0.25, -0.2) is 4.98 Å². The van der Waals surface area contributed by atoms with Gasteiger partial charge in [0, 0.05) is 16.5 Å². The fraction of sp³-hybridized carbons (Fsp3) is 0.435. The number of hydrogen-bond donors (Lipinski definition) is 1. The molecule has 1 saturated carbocycles. The second-order valence-electron chi connectivity index (χ2n) is 7.87. The van der Waals surface area contributed by atoms with E-state index in [4.69, 9.17) is 0 Å². The molecule has 1 N–H and O–H groups in total. The second-order valence-corrected chi connectivity index (χ2v) is 9.07. The first-order chi connectivity index (χ1) is 14.1. The maximum absolute atomic E-state index is 13.2. The van der Waals surface area contributed by atoms with Gasteiger partial charge in [0.1, 0.15) is 11.4 Å². The molecule has 0 saturated heterocycles. The summed E-state index contributed by atoms with van der Waals surface area (Å²) in [6.45, 7) is 2.03. The summed E-state index contributed by atoms with van der Waals surface area (Å²) < 4.78 is 1.44. The van der Waals surface area contributed by atoms with Gasteiger partial charge < -0.3 is 5.32 Å². The predicted octanol–water partition coefficient (Wildman–Crippen LogP) is 4.66. The zero-order valence-electron chi connectivity index (χ0n) is 16.8. The summed E-state index contributed by atoms with van der Waals surface area (Å²) in [5.41, 5.74) is 1.79. The molecule has 3 aromatic rings. The summed E-state index contributed by atoms with van der Waals surface area (Å²) in [6.07, 6.45) is 9.66. The highest BCUT2D eigenvalue weighted by Gasteiger charge is 2.19. The monoisotopic (exact) mass is 409 g/mol. The minimum atomic E-state index is -0.147. The number of aromatic nitrogens is 2. The summed E-state index contributed by atoms with van der Waals surface area (Å²) in [5, 5.41) is 3.75. The van der Waals surface area contributed by atoms with Gasteiger partial charge in [-0.2, -0.15) is 0 Å². The number of carbonyl (C=O) groups is 1. The topological polar surface area (TPSA) is 64.0 Å². The maximum Gasteiger partial charge on any atom is 0.263 e. The quantitative estimate of drug-likeness (QED) is 0.681. The van der Waals surface area contributed by atoms with Crippen molar-refractivity contribution in [3.63, 3.8) is 0 Å². The average Bonchev–Trinajstić information content (AvgIpc) is 3.03. The van der Waals surface area contributed by atoms with Crippen LogP contribution in [0.4, 0.5) is 0 Å². The number of benzene rings is 1. The Morgan fingerprint density at radius 2 is 1.83 bits per heavy atom. The Balaban J connectivity index is 1.59. The first-order valence-corrected chi connectivity index (χ1v) is 11.3. The molecule has 0 atom stereocenters. The highest BCUT2D eigenvalue weighted by atomic mass is 32.1. The summed E-state index contributed by atoms with van der Waals surface area (Å²) in [4.78, 5) is 32.1. The summed E-state index contributed by atoms with van der Waals surface area (Å²) in [5.74, 6) is -0.105. The van der Waals surface area contributed by atoms with Crippen molar-refractivity contribution in [3.05, 3.63) is 51.9 Å². The van der Waals surface area contributed by atoms with Crippen LogP contribution in [0.3, 0.4) is 0 Å². The first-order valence-electron chi connectivity index (χ1n) is 10.5. The van der Waals surface area contributed by atoms with Gasteiger partial charge in [0.05, 0.1) is 11.7 Å². The lowest BCUT2D eigenvalue weighted by molar-refractivity contribution is -0.122. The minimum Gasteiger partial charge on any atom is -0.352 e. The number of nitrogens with zero attached hydrogens (tertiary/aromatic N) is 2. The molecule has 5 nitrogen and oxygen atoms in total. The lowest BCUT2D eigenvalue weighted by atomic mass is 9.97. The minimum absolute atomic E-state index is 0.0153. The van der Waals surface area contributed by atoms with E-state index in [1.165, 1.54) is 41.5 Å². The molecule has 152 valence electrons. The van der Waals surface area contributed by atoms with Crippen LogP contribution in [0.25, 0.3) is 21.3 Å². The fourth-order valence-electron chi connectivity index (χ4n) is 4.23. The molecule has 0 radical (unpaired) electrons. The van der Waals surface area contributed by atoms with Gasteiger partial charge in [-0.05, 0) is 25.3 Å². The molecular weight excluding hydrogens is 382 g/mol. The Morgan fingerprint density at radius 1 is 1.14 bits per heavy atom. The number of amides is 1. The van der Waals surface area contributed by atoms with E-state index in [9.17, 15) is 9.59 Å². The lowest BCUT2D eigenvalue weighted by Gasteiger charge is -2.21. The Bertz CT molecular complexity index is 1050. The molecule has 0 bridgehead atoms. The first kappa shape index (κ1) is 19.8. The highest BCUT2D eigenvalue weighted by molar-refractivity contribution is 7.19. The van der Waals surface area contributed by atoms with Gasteiger partial charge in [0.15, 0.2) is 0 Å². The van der Waals surface area contributed by atoms with E-state index in [2.05, 4.69) is 10.3 Å². The van der Waals surface area contributed by atoms with Crippen LogP contribution in [0, 0.1) is 6.92 Å². The summed E-state index contributed by atoms with van der Waals surface area (Å²) in [7, 11) is 0. The Morgan fingerprint density at radius 3 is 2.55 bits per heavy atom. The van der Waals surface area contributed by atoms with E-state index in [1.54, 1.807) is 0 Å². The Kier molecular flexibility index (Phi) is 6.09. The van der Waals surface area contributed by atoms with Gasteiger partial charge in [-0.1, -0.05) is 62.4 Å². The van der Waals surface area contributed by atoms with Crippen LogP contribution in [0.1, 0.15) is 49.8 Å². The molecule has 1 amide bonds. The van der Waals surface area contributed by atoms with Crippen LogP contribution in [-0.4, -0.2) is 21.5 Å². The highest BCUT2D eigenvalue weighted by Crippen LogP contribution is 2.35. The van der Waals surface area contributed by atoms with Gasteiger partial charge in [-0.3, -0.25) is 14.2 Å². The molecule has 1 fully saturated rings. The molecule has 2 aromatic heterocycles. The number of fused-ring (bicyclic) bond motifs is 1. The molecule has 29 heavy (non-hydrogen) atoms. The van der Waals surface area contributed by atoms with Crippen LogP contribution in [0.2, 0.25) is 0 Å². The van der Waals surface area contributed by atoms with Gasteiger partial charge >= 0.3 is 0 Å². The molecule has 0 spiro atoms. The van der Waals surface area contributed by atoms with Crippen LogP contribution < -0.4 is 10.9 Å². The molecular formula is C23H27N3O2S. The summed E-state index contributed by atoms with van der Waals surface area (Å²) >= 11 is 1.52. The Hall–Kier alpha value is -2.47. The van der Waals surface area contributed by atoms with Crippen LogP contribution in [-0.2, 0) is 11.3 Å². The lowest BCUT2D eigenvalue weighted by Crippen LogP contribution is -2.39. The van der Waals surface area contributed by atoms with Crippen molar-refractivity contribution in [2.24, 2.45) is 0 Å². The third kappa shape index (κ3) is 4.42. The van der Waals surface area contributed by atoms with Crippen molar-refractivity contribution in [2.45, 2.75) is 64.5 Å². The molecule has 1 aromatic carbocycles. The van der Waals surface area contributed by atoms with Crippen molar-refractivity contribution in [3.8, 4) is 11.1 Å². The van der Waals surface area contributed by atoms with Crippen molar-refractivity contribution >= 4 is 27.5 Å². The van der Waals surface area contributed by atoms with E-state index in [0.29, 0.717) is 5.39 Å². The third-order valence-corrected chi connectivity index (χ3v) is 6.71. The maximum atomic E-state index is 13.2. The smallest absolute Gasteiger partial charge is 0.263 e. The number of carbonyl (C=O) groups excluding carboxylic acids is 1. The largest absolute Gasteiger partial charge is 0.352 e. The van der Waals surface area contributed by atoms with Gasteiger partial charge in [-0.15, -0.1) is 11.3 Å². The number of nitrogens with one attached hydrogen (secondary N) is 1. The number of rotatable bonds is 4. The van der Waals surface area contributed by atoms with Gasteiger partial charge in [0.2, 0.25) is 5.91 Å². The third-order valence-electron chi connectivity index (χ3n) is 5.70. The Labute approximate surface area is 174 Å². The van der Waals surface area contributed by atoms with Crippen molar-refractivity contribution in [2.75, 3.05) is 0 Å². The molecule has 0 unspecified atom stereocenters. The van der Waals surface area contributed by atoms with Crippen molar-refractivity contribution in [1.82, 2.24) is 14.9 Å². The number of thiophene rings is 1. The zero-order chi connectivity index (χ0) is 20.2. The normalized spacial score (nSPS) is 15.8. The number of hydrogen-bond acceptors (Lipinski definition) is 4. The molecule has 2 heterocycles. The molecule has 0 aliphatic heterocycles. The number of aryl methyl sites for hydroxylation is 1. The van der Waals surface area contributed by atoms with Crippen molar-refractivity contribution in [1.29, 1.82) is 0 Å². The fourth-order valence-corrected chi connectivity index (χ4v) is 5.23. The van der Waals surface area contributed by atoms with Crippen LogP contribution in [0.15, 0.2) is 41.5 Å². The van der Waals surface area contributed by atoms with E-state index in [1.807, 2.05) is 37.3 Å². The van der Waals surface area contributed by atoms with Crippen LogP contribution in [0.5, 0.6) is 0 Å². The zero-order valence-corrected chi connectivity index (χ0v) is 17.6. The molecule has 4 rings (SSSR count). The SMILES string of the molecule is Cc1sc2ncn(CC(=O)NC3CCCCCCC3)c(=O)c2c1-c1ccccc1. The predicted molar refractivity (Wildman–Crippen MR) is 118 cm³/mol. The standard InChI is InChI=1S/C23H27N3O2S/c1-16-20(17-10-6-5-7-11-17)21-22(29-16)24-15-26(23(21)28)14-19(27)25-18-12-8-3-2-4-9-13-18/h5-7,10-11,15,18H,2-4,8-9,12-14H2,1H3,(H,25,27). The summed E-state index contributed by atoms with van der Waals surface area (Å²) in [6, 6.07) is 10.1. The molecule has 6 heteroatoms. The molecule has 1 aliphatic carbocycles. The second kappa shape index (κ2) is 8.91. The van der Waals surface area contributed by atoms with E-state index < -0.39 is 0 Å². The van der Waals surface area contributed by atoms with Crippen molar-refractivity contribution < 1.29 is 4.79 Å². The van der Waals surface area contributed by atoms with E-state index >= 15 is 0 Å². The van der Waals surface area contributed by atoms with Gasteiger partial charge in [0.25, 0.3) is 5.56 Å². The average molecular weight is 410 g/mol.